The molecule has 2 fully saturated rings. The van der Waals surface area contributed by atoms with E-state index in [9.17, 15) is 18.7 Å². The predicted molar refractivity (Wildman–Crippen MR) is 161 cm³/mol. The number of rotatable bonds is 10. The maximum Gasteiger partial charge on any atom is 0.246 e. The molecule has 0 aromatic heterocycles. The van der Waals surface area contributed by atoms with Crippen molar-refractivity contribution in [3.05, 3.63) is 107 Å². The number of nitrogens with zero attached hydrogens (tertiary/aromatic N) is 2. The molecule has 2 aliphatic rings. The molecular weight excluding hydrogens is 534 g/mol. The standard InChI is InChI=1S/C35H40F2N2O3/c1-38(24-32(40)25-42-33-7-3-2-6-26(33)8-17-34(41)39-22-4-5-23-39)31-18-20-35(21-19-31,27-9-13-29(36)14-10-27)28-11-15-30(37)16-12-28/h2-3,6-17,31-32,40H,4-5,18-25H2,1H3. The Labute approximate surface area is 247 Å². The van der Waals surface area contributed by atoms with Crippen molar-refractivity contribution in [2.75, 3.05) is 33.3 Å². The monoisotopic (exact) mass is 574 g/mol. The molecule has 3 aromatic carbocycles. The van der Waals surface area contributed by atoms with Crippen molar-refractivity contribution >= 4 is 12.0 Å². The molecular formula is C35H40F2N2O3. The van der Waals surface area contributed by atoms with E-state index < -0.39 is 6.10 Å². The van der Waals surface area contributed by atoms with Gasteiger partial charge in [0.2, 0.25) is 5.91 Å². The minimum atomic E-state index is -0.695. The second kappa shape index (κ2) is 13.6. The zero-order chi connectivity index (χ0) is 29.5. The molecule has 0 bridgehead atoms. The third-order valence-corrected chi connectivity index (χ3v) is 8.90. The SMILES string of the molecule is CN(CC(O)COc1ccccc1C=CC(=O)N1CCCC1)C1CCC(c2ccc(F)cc2)(c2ccc(F)cc2)CC1. The molecule has 1 unspecified atom stereocenters. The highest BCUT2D eigenvalue weighted by molar-refractivity contribution is 5.92. The largest absolute Gasteiger partial charge is 0.490 e. The zero-order valence-electron chi connectivity index (χ0n) is 24.2. The molecule has 3 aromatic rings. The number of carbonyl (C=O) groups is 1. The van der Waals surface area contributed by atoms with Crippen molar-refractivity contribution in [3.8, 4) is 5.75 Å². The van der Waals surface area contributed by atoms with Crippen molar-refractivity contribution in [1.82, 2.24) is 9.80 Å². The quantitative estimate of drug-likeness (QED) is 0.293. The highest BCUT2D eigenvalue weighted by Gasteiger charge is 2.39. The van der Waals surface area contributed by atoms with Gasteiger partial charge in [0.25, 0.3) is 0 Å². The first kappa shape index (κ1) is 29.9. The minimum absolute atomic E-state index is 0.0133. The lowest BCUT2D eigenvalue weighted by Crippen LogP contribution is -2.44. The van der Waals surface area contributed by atoms with Gasteiger partial charge in [-0.1, -0.05) is 42.5 Å². The second-order valence-electron chi connectivity index (χ2n) is 11.6. The van der Waals surface area contributed by atoms with Crippen LogP contribution in [0, 0.1) is 11.6 Å². The van der Waals surface area contributed by atoms with Crippen LogP contribution >= 0.6 is 0 Å². The second-order valence-corrected chi connectivity index (χ2v) is 11.6. The van der Waals surface area contributed by atoms with Crippen LogP contribution in [-0.2, 0) is 10.2 Å². The molecule has 1 amide bonds. The van der Waals surface area contributed by atoms with Crippen LogP contribution in [0.5, 0.6) is 5.75 Å². The number of ether oxygens (including phenoxy) is 1. The summed E-state index contributed by atoms with van der Waals surface area (Å²) in [6.07, 6.45) is 8.23. The average molecular weight is 575 g/mol. The summed E-state index contributed by atoms with van der Waals surface area (Å²) >= 11 is 0. The van der Waals surface area contributed by atoms with Gasteiger partial charge in [0.15, 0.2) is 0 Å². The van der Waals surface area contributed by atoms with Crippen molar-refractivity contribution < 1.29 is 23.4 Å². The summed E-state index contributed by atoms with van der Waals surface area (Å²) in [7, 11) is 2.03. The highest BCUT2D eigenvalue weighted by Crippen LogP contribution is 2.45. The molecule has 42 heavy (non-hydrogen) atoms. The number of aliphatic hydroxyl groups is 1. The first-order valence-electron chi connectivity index (χ1n) is 14.9. The molecule has 222 valence electrons. The Morgan fingerprint density at radius 1 is 0.976 bits per heavy atom. The van der Waals surface area contributed by atoms with Gasteiger partial charge in [-0.2, -0.15) is 0 Å². The molecule has 7 heteroatoms. The van der Waals surface area contributed by atoms with E-state index in [1.54, 1.807) is 12.2 Å². The maximum absolute atomic E-state index is 13.7. The number of aliphatic hydroxyl groups excluding tert-OH is 1. The van der Waals surface area contributed by atoms with Crippen LogP contribution in [0.3, 0.4) is 0 Å². The van der Waals surface area contributed by atoms with Gasteiger partial charge >= 0.3 is 0 Å². The van der Waals surface area contributed by atoms with Gasteiger partial charge in [0.1, 0.15) is 30.1 Å². The van der Waals surface area contributed by atoms with Crippen LogP contribution in [0.4, 0.5) is 8.78 Å². The van der Waals surface area contributed by atoms with Gasteiger partial charge in [-0.15, -0.1) is 0 Å². The molecule has 1 aliphatic heterocycles. The molecule has 1 heterocycles. The van der Waals surface area contributed by atoms with E-state index in [-0.39, 0.29) is 35.6 Å². The molecule has 1 atom stereocenters. The third kappa shape index (κ3) is 7.08. The first-order chi connectivity index (χ1) is 20.3. The third-order valence-electron chi connectivity index (χ3n) is 8.90. The summed E-state index contributed by atoms with van der Waals surface area (Å²) in [4.78, 5) is 16.5. The number of carbonyl (C=O) groups excluding carboxylic acids is 1. The van der Waals surface area contributed by atoms with Crippen LogP contribution in [0.15, 0.2) is 78.9 Å². The Bertz CT molecular complexity index is 1300. The Morgan fingerprint density at radius 2 is 1.55 bits per heavy atom. The molecule has 1 aliphatic carbocycles. The van der Waals surface area contributed by atoms with E-state index >= 15 is 0 Å². The van der Waals surface area contributed by atoms with Crippen LogP contribution in [0.2, 0.25) is 0 Å². The fourth-order valence-electron chi connectivity index (χ4n) is 6.49. The Kier molecular flexibility index (Phi) is 9.70. The Balaban J connectivity index is 1.17. The van der Waals surface area contributed by atoms with E-state index in [2.05, 4.69) is 4.90 Å². The molecule has 0 spiro atoms. The van der Waals surface area contributed by atoms with Crippen LogP contribution in [0.1, 0.15) is 55.2 Å². The molecule has 1 saturated carbocycles. The number of likely N-dealkylation sites (tertiary alicyclic amines) is 1. The van der Waals surface area contributed by atoms with Crippen LogP contribution in [0.25, 0.3) is 6.08 Å². The number of likely N-dealkylation sites (N-methyl/N-ethyl adjacent to an activating group) is 1. The lowest BCUT2D eigenvalue weighted by atomic mass is 9.64. The minimum Gasteiger partial charge on any atom is -0.490 e. The van der Waals surface area contributed by atoms with Crippen molar-refractivity contribution in [2.45, 2.75) is 56.1 Å². The predicted octanol–water partition coefficient (Wildman–Crippen LogP) is 6.20. The van der Waals surface area contributed by atoms with Gasteiger partial charge in [0.05, 0.1) is 0 Å². The normalized spacial score (nSPS) is 18.1. The van der Waals surface area contributed by atoms with Gasteiger partial charge in [-0.05, 0) is 93.1 Å². The summed E-state index contributed by atoms with van der Waals surface area (Å²) in [6, 6.07) is 21.2. The smallest absolute Gasteiger partial charge is 0.246 e. The Morgan fingerprint density at radius 3 is 2.14 bits per heavy atom. The topological polar surface area (TPSA) is 53.0 Å². The van der Waals surface area contributed by atoms with Gasteiger partial charge < -0.3 is 19.6 Å². The van der Waals surface area contributed by atoms with E-state index in [4.69, 9.17) is 4.74 Å². The maximum atomic E-state index is 13.7. The van der Waals surface area contributed by atoms with Gasteiger partial charge in [-0.3, -0.25) is 4.79 Å². The summed E-state index contributed by atoms with van der Waals surface area (Å²) in [6.45, 7) is 2.20. The number of para-hydroxylation sites is 1. The summed E-state index contributed by atoms with van der Waals surface area (Å²) < 4.78 is 33.5. The Hall–Kier alpha value is -3.55. The number of benzene rings is 3. The van der Waals surface area contributed by atoms with E-state index in [1.807, 2.05) is 60.5 Å². The molecule has 1 saturated heterocycles. The van der Waals surface area contributed by atoms with Gasteiger partial charge in [0, 0.05) is 42.7 Å². The fourth-order valence-corrected chi connectivity index (χ4v) is 6.49. The highest BCUT2D eigenvalue weighted by atomic mass is 19.1. The van der Waals surface area contributed by atoms with Crippen molar-refractivity contribution in [3.63, 3.8) is 0 Å². The lowest BCUT2D eigenvalue weighted by molar-refractivity contribution is -0.124. The number of halogens is 2. The number of amides is 1. The van der Waals surface area contributed by atoms with E-state index in [0.29, 0.717) is 12.3 Å². The molecule has 1 N–H and O–H groups in total. The molecule has 5 nitrogen and oxygen atoms in total. The summed E-state index contributed by atoms with van der Waals surface area (Å²) in [5.41, 5.74) is 2.57. The number of hydrogen-bond acceptors (Lipinski definition) is 4. The summed E-state index contributed by atoms with van der Waals surface area (Å²) in [5.74, 6) is 0.101. The first-order valence-corrected chi connectivity index (χ1v) is 14.9. The van der Waals surface area contributed by atoms with E-state index in [0.717, 1.165) is 68.3 Å². The number of hydrogen-bond donors (Lipinski definition) is 1. The molecule has 0 radical (unpaired) electrons. The summed E-state index contributed by atoms with van der Waals surface area (Å²) in [5, 5.41) is 10.9. The van der Waals surface area contributed by atoms with Crippen molar-refractivity contribution in [2.24, 2.45) is 0 Å². The van der Waals surface area contributed by atoms with Gasteiger partial charge in [-0.25, -0.2) is 8.78 Å². The molecule has 5 rings (SSSR count). The fraction of sp³-hybridized carbons (Fsp3) is 0.400. The van der Waals surface area contributed by atoms with Crippen molar-refractivity contribution in [1.29, 1.82) is 0 Å². The van der Waals surface area contributed by atoms with E-state index in [1.165, 1.54) is 24.3 Å². The van der Waals surface area contributed by atoms with Crippen LogP contribution < -0.4 is 4.74 Å². The zero-order valence-corrected chi connectivity index (χ0v) is 24.2. The van der Waals surface area contributed by atoms with Crippen LogP contribution in [-0.4, -0.2) is 66.2 Å². The lowest BCUT2D eigenvalue weighted by Gasteiger charge is -2.44. The average Bonchev–Trinajstić information content (AvgIpc) is 3.55.